The van der Waals surface area contributed by atoms with Crippen molar-refractivity contribution in [1.82, 2.24) is 19.6 Å². The van der Waals surface area contributed by atoms with Crippen LogP contribution in [0.2, 0.25) is 5.15 Å². The molecular weight excluding hydrogens is 286 g/mol. The molecule has 0 N–H and O–H groups in total. The van der Waals surface area contributed by atoms with Crippen LogP contribution < -0.4 is 4.90 Å². The van der Waals surface area contributed by atoms with Crippen LogP contribution in [0.25, 0.3) is 5.78 Å². The van der Waals surface area contributed by atoms with Crippen LogP contribution in [-0.2, 0) is 12.8 Å². The average Bonchev–Trinajstić information content (AvgIpc) is 2.85. The quantitative estimate of drug-likeness (QED) is 0.647. The molecule has 21 heavy (non-hydrogen) atoms. The van der Waals surface area contributed by atoms with Gasteiger partial charge in [-0.2, -0.15) is 19.6 Å². The van der Waals surface area contributed by atoms with Crippen LogP contribution in [-0.4, -0.2) is 32.7 Å². The molecule has 6 heteroatoms. The zero-order valence-electron chi connectivity index (χ0n) is 11.4. The van der Waals surface area contributed by atoms with Crippen LogP contribution in [0.5, 0.6) is 0 Å². The smallest absolute Gasteiger partial charge is 0.255 e. The summed E-state index contributed by atoms with van der Waals surface area (Å²) in [6.45, 7) is 1.87. The minimum Gasteiger partial charge on any atom is -0.356 e. The highest BCUT2D eigenvalue weighted by molar-refractivity contribution is 6.29. The SMILES string of the molecule is Clc1cc(N2CCc3ccccc3CC2)n2ncnc2n1. The van der Waals surface area contributed by atoms with E-state index in [1.165, 1.54) is 17.5 Å². The Bertz CT molecular complexity index is 771. The molecule has 1 aliphatic heterocycles. The predicted octanol–water partition coefficient (Wildman–Crippen LogP) is 2.38. The number of aromatic nitrogens is 4. The molecule has 2 aromatic heterocycles. The summed E-state index contributed by atoms with van der Waals surface area (Å²) >= 11 is 6.11. The van der Waals surface area contributed by atoms with Gasteiger partial charge in [-0.3, -0.25) is 0 Å². The van der Waals surface area contributed by atoms with Crippen molar-refractivity contribution in [3.63, 3.8) is 0 Å². The van der Waals surface area contributed by atoms with Crippen molar-refractivity contribution in [2.75, 3.05) is 18.0 Å². The Balaban J connectivity index is 1.72. The number of nitrogens with zero attached hydrogens (tertiary/aromatic N) is 5. The van der Waals surface area contributed by atoms with Crippen molar-refractivity contribution in [3.8, 4) is 0 Å². The number of rotatable bonds is 1. The molecule has 3 aromatic rings. The lowest BCUT2D eigenvalue weighted by Crippen LogP contribution is -2.28. The Hall–Kier alpha value is -2.14. The van der Waals surface area contributed by atoms with Gasteiger partial charge in [-0.1, -0.05) is 35.9 Å². The summed E-state index contributed by atoms with van der Waals surface area (Å²) in [5.74, 6) is 1.49. The van der Waals surface area contributed by atoms with E-state index in [2.05, 4.69) is 44.2 Å². The highest BCUT2D eigenvalue weighted by atomic mass is 35.5. The standard InChI is InChI=1S/C15H14ClN5/c16-13-9-14(21-15(19-13)17-10-18-21)20-7-5-11-3-1-2-4-12(11)6-8-20/h1-4,9-10H,5-8H2. The third kappa shape index (κ3) is 2.23. The lowest BCUT2D eigenvalue weighted by Gasteiger charge is -2.22. The molecule has 0 spiro atoms. The van der Waals surface area contributed by atoms with E-state index in [9.17, 15) is 0 Å². The monoisotopic (exact) mass is 299 g/mol. The van der Waals surface area contributed by atoms with Crippen molar-refractivity contribution in [1.29, 1.82) is 0 Å². The van der Waals surface area contributed by atoms with Crippen LogP contribution in [0.3, 0.4) is 0 Å². The third-order valence-electron chi connectivity index (χ3n) is 3.95. The summed E-state index contributed by atoms with van der Waals surface area (Å²) in [6, 6.07) is 10.5. The van der Waals surface area contributed by atoms with Gasteiger partial charge in [0.05, 0.1) is 0 Å². The van der Waals surface area contributed by atoms with Crippen LogP contribution in [0, 0.1) is 0 Å². The van der Waals surface area contributed by atoms with E-state index in [1.54, 1.807) is 4.52 Å². The molecule has 0 bridgehead atoms. The summed E-state index contributed by atoms with van der Waals surface area (Å²) in [4.78, 5) is 10.6. The van der Waals surface area contributed by atoms with Crippen LogP contribution >= 0.6 is 11.6 Å². The van der Waals surface area contributed by atoms with Crippen molar-refractivity contribution in [2.24, 2.45) is 0 Å². The van der Waals surface area contributed by atoms with E-state index >= 15 is 0 Å². The van der Waals surface area contributed by atoms with Crippen molar-refractivity contribution >= 4 is 23.2 Å². The fraction of sp³-hybridized carbons (Fsp3) is 0.267. The summed E-state index contributed by atoms with van der Waals surface area (Å²) in [6.07, 6.45) is 3.55. The minimum absolute atomic E-state index is 0.451. The summed E-state index contributed by atoms with van der Waals surface area (Å²) in [5.41, 5.74) is 2.85. The maximum atomic E-state index is 6.11. The normalized spacial score (nSPS) is 15.0. The second-order valence-corrected chi connectivity index (χ2v) is 5.55. The van der Waals surface area contributed by atoms with Crippen molar-refractivity contribution < 1.29 is 0 Å². The third-order valence-corrected chi connectivity index (χ3v) is 4.14. The zero-order valence-corrected chi connectivity index (χ0v) is 12.2. The Morgan fingerprint density at radius 1 is 1.05 bits per heavy atom. The molecule has 0 amide bonds. The first-order chi connectivity index (χ1) is 10.3. The molecule has 0 atom stereocenters. The first-order valence-electron chi connectivity index (χ1n) is 6.99. The van der Waals surface area contributed by atoms with Gasteiger partial charge >= 0.3 is 0 Å². The highest BCUT2D eigenvalue weighted by Crippen LogP contribution is 2.23. The van der Waals surface area contributed by atoms with Gasteiger partial charge in [-0.25, -0.2) is 0 Å². The Morgan fingerprint density at radius 2 is 1.76 bits per heavy atom. The molecule has 0 fully saturated rings. The van der Waals surface area contributed by atoms with Gasteiger partial charge in [0.25, 0.3) is 5.78 Å². The van der Waals surface area contributed by atoms with Gasteiger partial charge in [-0.15, -0.1) is 0 Å². The number of hydrogen-bond donors (Lipinski definition) is 0. The van der Waals surface area contributed by atoms with Gasteiger partial charge in [0.15, 0.2) is 0 Å². The molecular formula is C15H14ClN5. The largest absolute Gasteiger partial charge is 0.356 e. The van der Waals surface area contributed by atoms with Gasteiger partial charge in [0, 0.05) is 19.2 Å². The van der Waals surface area contributed by atoms with Crippen molar-refractivity contribution in [3.05, 3.63) is 52.9 Å². The second-order valence-electron chi connectivity index (χ2n) is 5.16. The number of hydrogen-bond acceptors (Lipinski definition) is 4. The van der Waals surface area contributed by atoms with E-state index in [1.807, 2.05) is 6.07 Å². The van der Waals surface area contributed by atoms with E-state index in [4.69, 9.17) is 11.6 Å². The number of halogens is 1. The van der Waals surface area contributed by atoms with Crippen LogP contribution in [0.1, 0.15) is 11.1 Å². The van der Waals surface area contributed by atoms with E-state index in [-0.39, 0.29) is 0 Å². The first kappa shape index (κ1) is 12.6. The zero-order chi connectivity index (χ0) is 14.2. The molecule has 0 saturated heterocycles. The minimum atomic E-state index is 0.451. The van der Waals surface area contributed by atoms with E-state index in [0.717, 1.165) is 31.7 Å². The van der Waals surface area contributed by atoms with Gasteiger partial charge in [-0.05, 0) is 24.0 Å². The molecule has 0 unspecified atom stereocenters. The number of anilines is 1. The van der Waals surface area contributed by atoms with Gasteiger partial charge in [0.2, 0.25) is 0 Å². The lowest BCUT2D eigenvalue weighted by molar-refractivity contribution is 0.760. The lowest BCUT2D eigenvalue weighted by atomic mass is 10.0. The molecule has 5 nitrogen and oxygen atoms in total. The molecule has 4 rings (SSSR count). The molecule has 0 saturated carbocycles. The molecule has 1 aliphatic rings. The fourth-order valence-electron chi connectivity index (χ4n) is 2.89. The summed E-state index contributed by atoms with van der Waals surface area (Å²) < 4.78 is 1.75. The van der Waals surface area contributed by atoms with Crippen LogP contribution in [0.15, 0.2) is 36.7 Å². The maximum Gasteiger partial charge on any atom is 0.255 e. The maximum absolute atomic E-state index is 6.11. The topological polar surface area (TPSA) is 46.3 Å². The molecule has 106 valence electrons. The van der Waals surface area contributed by atoms with E-state index < -0.39 is 0 Å². The predicted molar refractivity (Wildman–Crippen MR) is 81.9 cm³/mol. The molecule has 0 radical (unpaired) electrons. The average molecular weight is 300 g/mol. The second kappa shape index (κ2) is 5.00. The van der Waals surface area contributed by atoms with Gasteiger partial charge < -0.3 is 4.90 Å². The van der Waals surface area contributed by atoms with Crippen LogP contribution in [0.4, 0.5) is 5.82 Å². The molecule has 1 aromatic carbocycles. The van der Waals surface area contributed by atoms with Crippen molar-refractivity contribution in [2.45, 2.75) is 12.8 Å². The number of benzene rings is 1. The Morgan fingerprint density at radius 3 is 2.48 bits per heavy atom. The molecule has 3 heterocycles. The Labute approximate surface area is 127 Å². The fourth-order valence-corrected chi connectivity index (χ4v) is 3.06. The number of fused-ring (bicyclic) bond motifs is 2. The highest BCUT2D eigenvalue weighted by Gasteiger charge is 2.17. The summed E-state index contributed by atoms with van der Waals surface area (Å²) in [7, 11) is 0. The Kier molecular flexibility index (Phi) is 3.00. The summed E-state index contributed by atoms with van der Waals surface area (Å²) in [5, 5.41) is 4.71. The van der Waals surface area contributed by atoms with E-state index in [0.29, 0.717) is 10.9 Å². The first-order valence-corrected chi connectivity index (χ1v) is 7.37. The van der Waals surface area contributed by atoms with Gasteiger partial charge in [0.1, 0.15) is 17.3 Å². The molecule has 0 aliphatic carbocycles.